The number of benzene rings is 1. The first kappa shape index (κ1) is 12.9. The molecule has 0 saturated carbocycles. The normalized spacial score (nSPS) is 17.1. The first-order valence-electron chi connectivity index (χ1n) is 5.05. The van der Waals surface area contributed by atoms with Gasteiger partial charge in [0.1, 0.15) is 0 Å². The molecule has 0 aromatic heterocycles. The van der Waals surface area contributed by atoms with E-state index in [0.717, 1.165) is 5.30 Å². The molecular formula is C11H18O2P2. The van der Waals surface area contributed by atoms with Crippen molar-refractivity contribution in [1.82, 2.24) is 0 Å². The standard InChI is InChI=1S/C11H18O2P2/c1-4-13-15(3,12)11-7-5-6-10(8-11)9(2)14/h5-9H,4,14H2,1-3H3/t9-,15?/m0/s1. The number of hydrogen-bond donors (Lipinski definition) is 0. The molecule has 3 atom stereocenters. The second kappa shape index (κ2) is 5.25. The highest BCUT2D eigenvalue weighted by Gasteiger charge is 2.18. The molecular weight excluding hydrogens is 226 g/mol. The minimum atomic E-state index is -2.62. The van der Waals surface area contributed by atoms with Gasteiger partial charge in [0.05, 0.1) is 6.61 Å². The van der Waals surface area contributed by atoms with Crippen LogP contribution in [0.3, 0.4) is 0 Å². The third kappa shape index (κ3) is 3.41. The molecule has 0 amide bonds. The van der Waals surface area contributed by atoms with Gasteiger partial charge in [-0.2, -0.15) is 0 Å². The summed E-state index contributed by atoms with van der Waals surface area (Å²) in [6.45, 7) is 6.10. The average molecular weight is 244 g/mol. The Balaban J connectivity index is 3.05. The fourth-order valence-corrected chi connectivity index (χ4v) is 2.97. The quantitative estimate of drug-likeness (QED) is 0.760. The number of rotatable bonds is 4. The molecule has 1 aromatic carbocycles. The molecule has 0 radical (unpaired) electrons. The van der Waals surface area contributed by atoms with E-state index in [4.69, 9.17) is 4.52 Å². The smallest absolute Gasteiger partial charge is 0.229 e. The van der Waals surface area contributed by atoms with Crippen molar-refractivity contribution in [2.45, 2.75) is 19.5 Å². The Hall–Kier alpha value is -0.160. The second-order valence-electron chi connectivity index (χ2n) is 3.65. The lowest BCUT2D eigenvalue weighted by molar-refractivity contribution is 0.345. The summed E-state index contributed by atoms with van der Waals surface area (Å²) in [7, 11) is 0.112. The van der Waals surface area contributed by atoms with E-state index in [9.17, 15) is 4.57 Å². The SMILES string of the molecule is CCOP(C)(=O)c1cccc([C@H](C)P)c1. The van der Waals surface area contributed by atoms with Gasteiger partial charge < -0.3 is 4.52 Å². The first-order valence-corrected chi connectivity index (χ1v) is 7.79. The average Bonchev–Trinajstić information content (AvgIpc) is 2.18. The molecule has 0 spiro atoms. The van der Waals surface area contributed by atoms with E-state index in [1.807, 2.05) is 31.2 Å². The van der Waals surface area contributed by atoms with Crippen LogP contribution < -0.4 is 5.30 Å². The third-order valence-corrected chi connectivity index (χ3v) is 4.59. The molecule has 0 saturated heterocycles. The van der Waals surface area contributed by atoms with E-state index in [2.05, 4.69) is 16.2 Å². The number of hydrogen-bond acceptors (Lipinski definition) is 2. The van der Waals surface area contributed by atoms with Crippen molar-refractivity contribution in [3.05, 3.63) is 29.8 Å². The van der Waals surface area contributed by atoms with Gasteiger partial charge in [0.2, 0.25) is 7.37 Å². The van der Waals surface area contributed by atoms with Crippen LogP contribution in [-0.2, 0) is 9.09 Å². The van der Waals surface area contributed by atoms with Crippen LogP contribution in [0.15, 0.2) is 24.3 Å². The Bertz CT molecular complexity index is 375. The van der Waals surface area contributed by atoms with Crippen molar-refractivity contribution < 1.29 is 9.09 Å². The van der Waals surface area contributed by atoms with E-state index in [-0.39, 0.29) is 0 Å². The second-order valence-corrected chi connectivity index (χ2v) is 7.11. The highest BCUT2D eigenvalue weighted by Crippen LogP contribution is 2.41. The van der Waals surface area contributed by atoms with E-state index < -0.39 is 7.37 Å². The summed E-state index contributed by atoms with van der Waals surface area (Å²) < 4.78 is 17.5. The van der Waals surface area contributed by atoms with Crippen molar-refractivity contribution in [3.8, 4) is 0 Å². The molecule has 2 unspecified atom stereocenters. The Kier molecular flexibility index (Phi) is 4.52. The molecule has 0 fully saturated rings. The van der Waals surface area contributed by atoms with Crippen LogP contribution in [0.5, 0.6) is 0 Å². The Morgan fingerprint density at radius 3 is 2.73 bits per heavy atom. The molecule has 0 bridgehead atoms. The molecule has 0 aliphatic rings. The molecule has 0 N–H and O–H groups in total. The molecule has 15 heavy (non-hydrogen) atoms. The van der Waals surface area contributed by atoms with Crippen LogP contribution in [0, 0.1) is 0 Å². The Morgan fingerprint density at radius 2 is 2.20 bits per heavy atom. The lowest BCUT2D eigenvalue weighted by Gasteiger charge is -2.14. The van der Waals surface area contributed by atoms with Gasteiger partial charge in [-0.15, -0.1) is 9.24 Å². The lowest BCUT2D eigenvalue weighted by atomic mass is 10.2. The zero-order valence-electron chi connectivity index (χ0n) is 9.43. The van der Waals surface area contributed by atoms with Crippen LogP contribution in [0.25, 0.3) is 0 Å². The summed E-state index contributed by atoms with van der Waals surface area (Å²) in [6, 6.07) is 7.80. The van der Waals surface area contributed by atoms with E-state index >= 15 is 0 Å². The van der Waals surface area contributed by atoms with Gasteiger partial charge >= 0.3 is 0 Å². The van der Waals surface area contributed by atoms with Crippen LogP contribution in [0.1, 0.15) is 25.1 Å². The largest absolute Gasteiger partial charge is 0.326 e. The van der Waals surface area contributed by atoms with Crippen molar-refractivity contribution in [3.63, 3.8) is 0 Å². The maximum absolute atomic E-state index is 12.2. The van der Waals surface area contributed by atoms with Crippen LogP contribution in [0.4, 0.5) is 0 Å². The zero-order chi connectivity index (χ0) is 11.5. The van der Waals surface area contributed by atoms with Gasteiger partial charge in [-0.25, -0.2) is 0 Å². The van der Waals surface area contributed by atoms with Crippen LogP contribution in [0.2, 0.25) is 0 Å². The summed E-state index contributed by atoms with van der Waals surface area (Å²) in [5, 5.41) is 0.802. The predicted octanol–water partition coefficient (Wildman–Crippen LogP) is 3.19. The maximum atomic E-state index is 12.2. The van der Waals surface area contributed by atoms with Gasteiger partial charge in [0.25, 0.3) is 0 Å². The summed E-state index contributed by atoms with van der Waals surface area (Å²) in [5.41, 5.74) is 1.53. The molecule has 4 heteroatoms. The van der Waals surface area contributed by atoms with Crippen molar-refractivity contribution >= 4 is 21.9 Å². The van der Waals surface area contributed by atoms with Crippen molar-refractivity contribution in [1.29, 1.82) is 0 Å². The van der Waals surface area contributed by atoms with Gasteiger partial charge in [0, 0.05) is 12.0 Å². The summed E-state index contributed by atoms with van der Waals surface area (Å²) >= 11 is 0. The molecule has 2 nitrogen and oxygen atoms in total. The summed E-state index contributed by atoms with van der Waals surface area (Å²) in [4.78, 5) is 0. The lowest BCUT2D eigenvalue weighted by Crippen LogP contribution is -2.07. The molecule has 84 valence electrons. The topological polar surface area (TPSA) is 26.3 Å². The molecule has 0 heterocycles. The van der Waals surface area contributed by atoms with E-state index in [0.29, 0.717) is 12.3 Å². The van der Waals surface area contributed by atoms with Crippen molar-refractivity contribution in [2.75, 3.05) is 13.3 Å². The Morgan fingerprint density at radius 1 is 1.53 bits per heavy atom. The zero-order valence-corrected chi connectivity index (χ0v) is 11.5. The minimum Gasteiger partial charge on any atom is -0.326 e. The molecule has 1 rings (SSSR count). The first-order chi connectivity index (χ1) is 6.97. The van der Waals surface area contributed by atoms with Gasteiger partial charge in [-0.05, 0) is 30.3 Å². The predicted molar refractivity (Wildman–Crippen MR) is 69.4 cm³/mol. The van der Waals surface area contributed by atoms with Gasteiger partial charge in [-0.1, -0.05) is 19.1 Å². The Labute approximate surface area is 94.1 Å². The summed E-state index contributed by atoms with van der Waals surface area (Å²) in [6.07, 6.45) is 0. The fraction of sp³-hybridized carbons (Fsp3) is 0.455. The van der Waals surface area contributed by atoms with Crippen LogP contribution in [-0.4, -0.2) is 13.3 Å². The molecule has 0 aliphatic heterocycles. The van der Waals surface area contributed by atoms with Crippen molar-refractivity contribution in [2.24, 2.45) is 0 Å². The summed E-state index contributed by atoms with van der Waals surface area (Å²) in [5.74, 6) is 0. The van der Waals surface area contributed by atoms with Crippen LogP contribution >= 0.6 is 16.6 Å². The fourth-order valence-electron chi connectivity index (χ4n) is 1.38. The molecule has 0 aliphatic carbocycles. The third-order valence-electron chi connectivity index (χ3n) is 2.24. The van der Waals surface area contributed by atoms with E-state index in [1.165, 1.54) is 5.56 Å². The minimum absolute atomic E-state index is 0.367. The highest BCUT2D eigenvalue weighted by atomic mass is 31.2. The van der Waals surface area contributed by atoms with E-state index in [1.54, 1.807) is 6.66 Å². The van der Waals surface area contributed by atoms with Gasteiger partial charge in [0.15, 0.2) is 0 Å². The molecule has 1 aromatic rings. The maximum Gasteiger partial charge on any atom is 0.229 e. The van der Waals surface area contributed by atoms with Gasteiger partial charge in [-0.3, -0.25) is 4.57 Å². The highest BCUT2D eigenvalue weighted by molar-refractivity contribution is 7.66. The monoisotopic (exact) mass is 244 g/mol.